The van der Waals surface area contributed by atoms with E-state index >= 15 is 0 Å². The van der Waals surface area contributed by atoms with E-state index in [1.54, 1.807) is 0 Å². The molecule has 0 saturated carbocycles. The van der Waals surface area contributed by atoms with Gasteiger partial charge in [-0.1, -0.05) is 18.2 Å². The molecule has 0 amide bonds. The molecular formula is C15H10F6N2. The smallest absolute Gasteiger partial charge is 0.383 e. The average Bonchev–Trinajstić information content (AvgIpc) is 2.46. The molecule has 0 aliphatic carbocycles. The van der Waals surface area contributed by atoms with Gasteiger partial charge in [-0.25, -0.2) is 4.99 Å². The maximum absolute atomic E-state index is 12.6. The van der Waals surface area contributed by atoms with Crippen molar-refractivity contribution in [3.8, 4) is 0 Å². The number of alkyl halides is 6. The van der Waals surface area contributed by atoms with E-state index in [9.17, 15) is 26.3 Å². The highest BCUT2D eigenvalue weighted by atomic mass is 19.4. The number of nitrogens with zero attached hydrogens (tertiary/aromatic N) is 1. The van der Waals surface area contributed by atoms with E-state index in [0.717, 1.165) is 36.4 Å². The van der Waals surface area contributed by atoms with Gasteiger partial charge in [0.2, 0.25) is 0 Å². The van der Waals surface area contributed by atoms with E-state index in [4.69, 9.17) is 5.73 Å². The summed E-state index contributed by atoms with van der Waals surface area (Å²) in [4.78, 5) is 3.75. The van der Waals surface area contributed by atoms with Gasteiger partial charge in [0.1, 0.15) is 5.84 Å². The predicted octanol–water partition coefficient (Wildman–Crippen LogP) is 4.76. The Bertz CT molecular complexity index is 731. The van der Waals surface area contributed by atoms with Crippen LogP contribution in [0, 0.1) is 0 Å². The van der Waals surface area contributed by atoms with Crippen molar-refractivity contribution in [3.63, 3.8) is 0 Å². The lowest BCUT2D eigenvalue weighted by Gasteiger charge is -2.09. The van der Waals surface area contributed by atoms with Crippen molar-refractivity contribution >= 4 is 11.5 Å². The molecular weight excluding hydrogens is 322 g/mol. The second kappa shape index (κ2) is 5.94. The summed E-state index contributed by atoms with van der Waals surface area (Å²) in [5.74, 6) is -0.310. The fourth-order valence-electron chi connectivity index (χ4n) is 1.81. The SMILES string of the molecule is NC(=Nc1cccc(C(F)(F)F)c1)c1cccc(C(F)(F)F)c1. The maximum atomic E-state index is 12.6. The van der Waals surface area contributed by atoms with Crippen molar-refractivity contribution in [2.45, 2.75) is 12.4 Å². The molecule has 0 saturated heterocycles. The molecule has 0 radical (unpaired) electrons. The number of halogens is 6. The fraction of sp³-hybridized carbons (Fsp3) is 0.133. The molecule has 2 nitrogen and oxygen atoms in total. The first kappa shape index (κ1) is 16.9. The summed E-state index contributed by atoms with van der Waals surface area (Å²) in [5, 5.41) is 0. The first-order valence-corrected chi connectivity index (χ1v) is 6.26. The van der Waals surface area contributed by atoms with Gasteiger partial charge < -0.3 is 5.73 Å². The highest BCUT2D eigenvalue weighted by molar-refractivity contribution is 5.99. The van der Waals surface area contributed by atoms with Crippen molar-refractivity contribution < 1.29 is 26.3 Å². The van der Waals surface area contributed by atoms with Crippen LogP contribution in [0.5, 0.6) is 0 Å². The molecule has 2 N–H and O–H groups in total. The first-order chi connectivity index (χ1) is 10.6. The summed E-state index contributed by atoms with van der Waals surface area (Å²) in [7, 11) is 0. The van der Waals surface area contributed by atoms with Gasteiger partial charge in [-0.2, -0.15) is 26.3 Å². The van der Waals surface area contributed by atoms with E-state index in [2.05, 4.69) is 4.99 Å². The van der Waals surface area contributed by atoms with E-state index in [0.29, 0.717) is 0 Å². The largest absolute Gasteiger partial charge is 0.416 e. The Hall–Kier alpha value is -2.51. The van der Waals surface area contributed by atoms with Crippen molar-refractivity contribution in [1.29, 1.82) is 0 Å². The molecule has 0 aliphatic heterocycles. The Balaban J connectivity index is 2.37. The number of benzene rings is 2. The number of rotatable bonds is 2. The van der Waals surface area contributed by atoms with Crippen molar-refractivity contribution in [2.75, 3.05) is 0 Å². The third kappa shape index (κ3) is 4.24. The van der Waals surface area contributed by atoms with Crippen molar-refractivity contribution in [3.05, 3.63) is 65.2 Å². The minimum atomic E-state index is -4.55. The van der Waals surface area contributed by atoms with Gasteiger partial charge >= 0.3 is 12.4 Å². The third-order valence-electron chi connectivity index (χ3n) is 2.91. The van der Waals surface area contributed by atoms with Crippen LogP contribution in [0.15, 0.2) is 53.5 Å². The van der Waals surface area contributed by atoms with Gasteiger partial charge in [-0.15, -0.1) is 0 Å². The number of aliphatic imine (C=N–C) groups is 1. The summed E-state index contributed by atoms with van der Waals surface area (Å²) in [5.41, 5.74) is 3.63. The van der Waals surface area contributed by atoms with Crippen molar-refractivity contribution in [1.82, 2.24) is 0 Å². The zero-order valence-corrected chi connectivity index (χ0v) is 11.4. The van der Waals surface area contributed by atoms with Crippen LogP contribution < -0.4 is 5.73 Å². The third-order valence-corrected chi connectivity index (χ3v) is 2.91. The second-order valence-electron chi connectivity index (χ2n) is 4.62. The molecule has 23 heavy (non-hydrogen) atoms. The van der Waals surface area contributed by atoms with Gasteiger partial charge in [0.15, 0.2) is 0 Å². The first-order valence-electron chi connectivity index (χ1n) is 6.26. The molecule has 8 heteroatoms. The minimum Gasteiger partial charge on any atom is -0.383 e. The molecule has 2 rings (SSSR count). The van der Waals surface area contributed by atoms with Crippen LogP contribution in [0.2, 0.25) is 0 Å². The maximum Gasteiger partial charge on any atom is 0.416 e. The Morgan fingerprint density at radius 3 is 1.87 bits per heavy atom. The van der Waals surface area contributed by atoms with Gasteiger partial charge in [0.25, 0.3) is 0 Å². The second-order valence-corrected chi connectivity index (χ2v) is 4.62. The van der Waals surface area contributed by atoms with Gasteiger partial charge in [-0.3, -0.25) is 0 Å². The van der Waals surface area contributed by atoms with Gasteiger partial charge in [-0.05, 0) is 30.3 Å². The zero-order valence-electron chi connectivity index (χ0n) is 11.4. The quantitative estimate of drug-likeness (QED) is 0.480. The van der Waals surface area contributed by atoms with E-state index < -0.39 is 23.5 Å². The Labute approximate surface area is 127 Å². The molecule has 2 aromatic carbocycles. The Morgan fingerprint density at radius 1 is 0.783 bits per heavy atom. The molecule has 2 aromatic rings. The van der Waals surface area contributed by atoms with Crippen molar-refractivity contribution in [2.24, 2.45) is 10.7 Å². The molecule has 0 unspecified atom stereocenters. The monoisotopic (exact) mass is 332 g/mol. The highest BCUT2D eigenvalue weighted by Gasteiger charge is 2.31. The van der Waals surface area contributed by atoms with Gasteiger partial charge in [0.05, 0.1) is 16.8 Å². The summed E-state index contributed by atoms with van der Waals surface area (Å²) in [6.45, 7) is 0. The topological polar surface area (TPSA) is 38.4 Å². The lowest BCUT2D eigenvalue weighted by Crippen LogP contribution is -2.14. The highest BCUT2D eigenvalue weighted by Crippen LogP contribution is 2.32. The zero-order chi connectivity index (χ0) is 17.3. The Morgan fingerprint density at radius 2 is 1.30 bits per heavy atom. The minimum absolute atomic E-state index is 0.0303. The molecule has 122 valence electrons. The summed E-state index contributed by atoms with van der Waals surface area (Å²) < 4.78 is 75.7. The van der Waals surface area contributed by atoms with Crippen LogP contribution in [0.4, 0.5) is 32.0 Å². The fourth-order valence-corrected chi connectivity index (χ4v) is 1.81. The van der Waals surface area contributed by atoms with E-state index in [1.165, 1.54) is 12.1 Å². The van der Waals surface area contributed by atoms with Crippen LogP contribution in [0.3, 0.4) is 0 Å². The number of nitrogens with two attached hydrogens (primary N) is 1. The lowest BCUT2D eigenvalue weighted by atomic mass is 10.1. The molecule has 0 heterocycles. The lowest BCUT2D eigenvalue weighted by molar-refractivity contribution is -0.138. The summed E-state index contributed by atoms with van der Waals surface area (Å²) >= 11 is 0. The molecule has 0 bridgehead atoms. The van der Waals surface area contributed by atoms with Gasteiger partial charge in [0, 0.05) is 5.56 Å². The predicted molar refractivity (Wildman–Crippen MR) is 73.3 cm³/mol. The Kier molecular flexibility index (Phi) is 4.35. The molecule has 0 aliphatic rings. The number of hydrogen-bond donors (Lipinski definition) is 1. The van der Waals surface area contributed by atoms with Crippen LogP contribution in [-0.2, 0) is 12.4 Å². The molecule has 0 fully saturated rings. The van der Waals surface area contributed by atoms with Crippen LogP contribution >= 0.6 is 0 Å². The number of amidine groups is 1. The molecule has 0 atom stereocenters. The van der Waals surface area contributed by atoms with Crippen LogP contribution in [0.1, 0.15) is 16.7 Å². The number of hydrogen-bond acceptors (Lipinski definition) is 1. The summed E-state index contributed by atoms with van der Waals surface area (Å²) in [6, 6.07) is 8.12. The normalized spacial score (nSPS) is 13.2. The average molecular weight is 332 g/mol. The van der Waals surface area contributed by atoms with Crippen LogP contribution in [0.25, 0.3) is 0 Å². The van der Waals surface area contributed by atoms with E-state index in [1.807, 2.05) is 0 Å². The molecule has 0 spiro atoms. The molecule has 0 aromatic heterocycles. The van der Waals surface area contributed by atoms with E-state index in [-0.39, 0.29) is 17.1 Å². The summed E-state index contributed by atoms with van der Waals surface area (Å²) in [6.07, 6.45) is -9.09. The standard InChI is InChI=1S/C15H10F6N2/c16-14(17,18)10-4-1-3-9(7-10)13(22)23-12-6-2-5-11(8-12)15(19,20)21/h1-8H,(H2,22,23). The van der Waals surface area contributed by atoms with Crippen LogP contribution in [-0.4, -0.2) is 5.84 Å².